The van der Waals surface area contributed by atoms with Crippen molar-refractivity contribution in [2.45, 2.75) is 0 Å². The lowest BCUT2D eigenvalue weighted by Crippen LogP contribution is -2.05. The molecule has 4 heterocycles. The molecule has 7 aromatic carbocycles. The number of hydrogen-bond donors (Lipinski definition) is 0. The van der Waals surface area contributed by atoms with E-state index in [0.29, 0.717) is 5.95 Å². The Hall–Kier alpha value is -6.98. The molecule has 4 aromatic heterocycles. The van der Waals surface area contributed by atoms with Gasteiger partial charge < -0.3 is 8.98 Å². The van der Waals surface area contributed by atoms with Gasteiger partial charge in [0, 0.05) is 49.1 Å². The van der Waals surface area contributed by atoms with Crippen LogP contribution in [0.2, 0.25) is 0 Å². The van der Waals surface area contributed by atoms with Gasteiger partial charge in [-0.2, -0.15) is 0 Å². The summed E-state index contributed by atoms with van der Waals surface area (Å²) in [5, 5.41) is 6.79. The lowest BCUT2D eigenvalue weighted by atomic mass is 10.0. The van der Waals surface area contributed by atoms with Crippen molar-refractivity contribution < 1.29 is 4.42 Å². The van der Waals surface area contributed by atoms with Gasteiger partial charge in [-0.05, 0) is 42.5 Å². The van der Waals surface area contributed by atoms with E-state index in [1.807, 2.05) is 30.3 Å². The largest absolute Gasteiger partial charge is 0.456 e. The molecule has 0 amide bonds. The van der Waals surface area contributed by atoms with Crippen molar-refractivity contribution in [3.8, 4) is 34.2 Å². The van der Waals surface area contributed by atoms with Gasteiger partial charge in [-0.15, -0.1) is 0 Å². The van der Waals surface area contributed by atoms with E-state index >= 15 is 0 Å². The number of furan rings is 1. The monoisotopic (exact) mass is 652 g/mol. The first kappa shape index (κ1) is 27.9. The molecule has 11 rings (SSSR count). The van der Waals surface area contributed by atoms with E-state index in [2.05, 4.69) is 149 Å². The van der Waals surface area contributed by atoms with Crippen molar-refractivity contribution in [3.63, 3.8) is 0 Å². The van der Waals surface area contributed by atoms with Gasteiger partial charge in [-0.25, -0.2) is 9.97 Å². The Morgan fingerprint density at radius 1 is 0.412 bits per heavy atom. The van der Waals surface area contributed by atoms with Gasteiger partial charge in [-0.1, -0.05) is 127 Å². The fourth-order valence-corrected chi connectivity index (χ4v) is 7.97. The quantitative estimate of drug-likeness (QED) is 0.190. The predicted octanol–water partition coefficient (Wildman–Crippen LogP) is 11.9. The Morgan fingerprint density at radius 3 is 1.73 bits per heavy atom. The first-order valence-corrected chi connectivity index (χ1v) is 17.2. The van der Waals surface area contributed by atoms with E-state index in [0.717, 1.165) is 83.0 Å². The van der Waals surface area contributed by atoms with Crippen LogP contribution in [-0.2, 0) is 0 Å². The zero-order valence-electron chi connectivity index (χ0n) is 27.4. The van der Waals surface area contributed by atoms with Gasteiger partial charge >= 0.3 is 0 Å². The van der Waals surface area contributed by atoms with Crippen LogP contribution in [0.15, 0.2) is 174 Å². The van der Waals surface area contributed by atoms with Crippen LogP contribution in [0.5, 0.6) is 0 Å². The maximum absolute atomic E-state index is 6.33. The molecule has 0 aliphatic carbocycles. The third-order valence-electron chi connectivity index (χ3n) is 10.1. The summed E-state index contributed by atoms with van der Waals surface area (Å²) in [7, 11) is 0. The van der Waals surface area contributed by atoms with Gasteiger partial charge in [0.15, 0.2) is 0 Å². The Kier molecular flexibility index (Phi) is 5.89. The molecular formula is C46H28N4O. The lowest BCUT2D eigenvalue weighted by molar-refractivity contribution is 0.669. The average molecular weight is 653 g/mol. The van der Waals surface area contributed by atoms with Crippen molar-refractivity contribution in [1.29, 1.82) is 0 Å². The van der Waals surface area contributed by atoms with Crippen molar-refractivity contribution in [2.75, 3.05) is 0 Å². The third-order valence-corrected chi connectivity index (χ3v) is 10.1. The molecule has 11 aromatic rings. The van der Waals surface area contributed by atoms with Crippen LogP contribution in [0.3, 0.4) is 0 Å². The van der Waals surface area contributed by atoms with E-state index < -0.39 is 0 Å². The highest BCUT2D eigenvalue weighted by atomic mass is 16.3. The summed E-state index contributed by atoms with van der Waals surface area (Å²) in [6, 6.07) is 59.4. The molecule has 0 spiro atoms. The summed E-state index contributed by atoms with van der Waals surface area (Å²) >= 11 is 0. The summed E-state index contributed by atoms with van der Waals surface area (Å²) in [5.74, 6) is 0.611. The average Bonchev–Trinajstić information content (AvgIpc) is 3.86. The minimum absolute atomic E-state index is 0.611. The number of benzene rings is 7. The van der Waals surface area contributed by atoms with Gasteiger partial charge in [0.1, 0.15) is 11.2 Å². The summed E-state index contributed by atoms with van der Waals surface area (Å²) < 4.78 is 11.0. The van der Waals surface area contributed by atoms with Crippen LogP contribution >= 0.6 is 0 Å². The molecule has 5 heteroatoms. The molecule has 0 N–H and O–H groups in total. The molecule has 0 atom stereocenters. The van der Waals surface area contributed by atoms with Crippen molar-refractivity contribution in [3.05, 3.63) is 170 Å². The standard InChI is InChI=1S/C46H28N4O/c1-3-14-29(15-4-1)37-28-38(35-21-13-25-42-43(35)36-20-9-12-24-41(36)51-42)48-46(47-37)50-40-23-11-8-19-32(40)34-27-26-33-31-18-7-10-22-39(31)49(44(33)45(34)50)30-16-5-2-6-17-30/h1-28H. The SMILES string of the molecule is c1ccc(-c2cc(-c3cccc4oc5ccccc5c34)nc(-n3c4ccccc4c4ccc5c6ccccc6n(-c6ccccc6)c5c43)n2)cc1. The zero-order valence-corrected chi connectivity index (χ0v) is 27.4. The maximum atomic E-state index is 6.33. The van der Waals surface area contributed by atoms with Crippen molar-refractivity contribution in [2.24, 2.45) is 0 Å². The number of rotatable bonds is 4. The van der Waals surface area contributed by atoms with Crippen LogP contribution in [0.1, 0.15) is 0 Å². The first-order valence-electron chi connectivity index (χ1n) is 17.2. The molecule has 0 saturated heterocycles. The normalized spacial score (nSPS) is 11.9. The van der Waals surface area contributed by atoms with Gasteiger partial charge in [0.05, 0.1) is 33.5 Å². The fourth-order valence-electron chi connectivity index (χ4n) is 7.97. The minimum Gasteiger partial charge on any atom is -0.456 e. The highest BCUT2D eigenvalue weighted by molar-refractivity contribution is 6.23. The lowest BCUT2D eigenvalue weighted by Gasteiger charge is -2.14. The Labute approximate surface area is 292 Å². The summed E-state index contributed by atoms with van der Waals surface area (Å²) in [4.78, 5) is 10.9. The maximum Gasteiger partial charge on any atom is 0.235 e. The third kappa shape index (κ3) is 4.09. The summed E-state index contributed by atoms with van der Waals surface area (Å²) in [6.45, 7) is 0. The fraction of sp³-hybridized carbons (Fsp3) is 0. The number of nitrogens with zero attached hydrogens (tertiary/aromatic N) is 4. The number of fused-ring (bicyclic) bond motifs is 10. The Bertz CT molecular complexity index is 3130. The molecule has 0 aliphatic heterocycles. The highest BCUT2D eigenvalue weighted by Crippen LogP contribution is 2.42. The molecule has 0 saturated carbocycles. The minimum atomic E-state index is 0.611. The van der Waals surface area contributed by atoms with Crippen LogP contribution in [0, 0.1) is 0 Å². The second-order valence-electron chi connectivity index (χ2n) is 13.0. The second kappa shape index (κ2) is 10.8. The molecule has 0 bridgehead atoms. The van der Waals surface area contributed by atoms with E-state index in [4.69, 9.17) is 14.4 Å². The van der Waals surface area contributed by atoms with Crippen LogP contribution < -0.4 is 0 Å². The van der Waals surface area contributed by atoms with Crippen LogP contribution in [0.4, 0.5) is 0 Å². The summed E-state index contributed by atoms with van der Waals surface area (Å²) in [6.07, 6.45) is 0. The zero-order chi connectivity index (χ0) is 33.5. The topological polar surface area (TPSA) is 48.8 Å². The van der Waals surface area contributed by atoms with Gasteiger partial charge in [-0.3, -0.25) is 4.57 Å². The number of para-hydroxylation sites is 4. The van der Waals surface area contributed by atoms with E-state index in [1.165, 1.54) is 10.8 Å². The molecule has 51 heavy (non-hydrogen) atoms. The van der Waals surface area contributed by atoms with Crippen LogP contribution in [-0.4, -0.2) is 19.1 Å². The van der Waals surface area contributed by atoms with Crippen molar-refractivity contribution in [1.82, 2.24) is 19.1 Å². The number of hydrogen-bond acceptors (Lipinski definition) is 3. The summed E-state index contributed by atoms with van der Waals surface area (Å²) in [5.41, 5.74) is 10.9. The molecule has 238 valence electrons. The Balaban J connectivity index is 1.31. The molecule has 0 aliphatic rings. The molecule has 0 radical (unpaired) electrons. The predicted molar refractivity (Wildman–Crippen MR) is 209 cm³/mol. The number of aromatic nitrogens is 4. The molecule has 5 nitrogen and oxygen atoms in total. The molecule has 0 fully saturated rings. The van der Waals surface area contributed by atoms with Crippen molar-refractivity contribution >= 4 is 65.6 Å². The first-order chi connectivity index (χ1) is 25.3. The van der Waals surface area contributed by atoms with Crippen LogP contribution in [0.25, 0.3) is 99.7 Å². The van der Waals surface area contributed by atoms with E-state index in [9.17, 15) is 0 Å². The smallest absolute Gasteiger partial charge is 0.235 e. The molecule has 0 unspecified atom stereocenters. The van der Waals surface area contributed by atoms with E-state index in [-0.39, 0.29) is 0 Å². The van der Waals surface area contributed by atoms with Gasteiger partial charge in [0.2, 0.25) is 5.95 Å². The Morgan fingerprint density at radius 2 is 0.980 bits per heavy atom. The highest BCUT2D eigenvalue weighted by Gasteiger charge is 2.23. The second-order valence-corrected chi connectivity index (χ2v) is 13.0. The van der Waals surface area contributed by atoms with Gasteiger partial charge in [0.25, 0.3) is 0 Å². The molecular weight excluding hydrogens is 625 g/mol. The van der Waals surface area contributed by atoms with E-state index in [1.54, 1.807) is 0 Å².